The van der Waals surface area contributed by atoms with Gasteiger partial charge in [-0.3, -0.25) is 4.98 Å². The minimum atomic E-state index is -1.45. The molecule has 1 aliphatic rings. The van der Waals surface area contributed by atoms with Crippen molar-refractivity contribution in [2.45, 2.75) is 31.6 Å². The van der Waals surface area contributed by atoms with Gasteiger partial charge in [0, 0.05) is 36.4 Å². The average molecular weight is 373 g/mol. The van der Waals surface area contributed by atoms with E-state index < -0.39 is 5.72 Å². The van der Waals surface area contributed by atoms with E-state index in [0.29, 0.717) is 30.0 Å². The molecule has 0 bridgehead atoms. The lowest BCUT2D eigenvalue weighted by molar-refractivity contribution is -0.0247. The molecule has 0 radical (unpaired) electrons. The highest BCUT2D eigenvalue weighted by Crippen LogP contribution is 2.46. The van der Waals surface area contributed by atoms with Crippen molar-refractivity contribution >= 4 is 5.84 Å². The van der Waals surface area contributed by atoms with Gasteiger partial charge in [0.1, 0.15) is 11.9 Å². The minimum absolute atomic E-state index is 0.293. The molecule has 0 fully saturated rings. The summed E-state index contributed by atoms with van der Waals surface area (Å²) in [6.45, 7) is 1.92. The number of nitrogens with zero attached hydrogens (tertiary/aromatic N) is 2. The second-order valence-corrected chi connectivity index (χ2v) is 6.95. The second kappa shape index (κ2) is 7.44. The van der Waals surface area contributed by atoms with Crippen LogP contribution in [0.2, 0.25) is 0 Å². The van der Waals surface area contributed by atoms with Crippen LogP contribution < -0.4 is 10.5 Å². The first-order chi connectivity index (χ1) is 13.6. The van der Waals surface area contributed by atoms with Gasteiger partial charge < -0.3 is 15.6 Å². The number of rotatable bonds is 4. The summed E-state index contributed by atoms with van der Waals surface area (Å²) in [5.41, 5.74) is 8.09. The summed E-state index contributed by atoms with van der Waals surface area (Å²) in [4.78, 5) is 8.67. The lowest BCUT2D eigenvalue weighted by atomic mass is 9.88. The SMILES string of the molecule is CCC(N)=NC1(O)CC(c2ccccc2)Oc2ccc(-c3cccnc3)cc21. The van der Waals surface area contributed by atoms with Crippen LogP contribution in [0.15, 0.2) is 78.0 Å². The van der Waals surface area contributed by atoms with Gasteiger partial charge in [0.25, 0.3) is 0 Å². The molecule has 3 N–H and O–H groups in total. The van der Waals surface area contributed by atoms with Gasteiger partial charge in [0.05, 0.1) is 5.84 Å². The van der Waals surface area contributed by atoms with Crippen molar-refractivity contribution in [2.24, 2.45) is 10.7 Å². The molecule has 0 saturated heterocycles. The number of nitrogens with two attached hydrogens (primary N) is 1. The summed E-state index contributed by atoms with van der Waals surface area (Å²) in [7, 11) is 0. The van der Waals surface area contributed by atoms with E-state index in [2.05, 4.69) is 9.98 Å². The summed E-state index contributed by atoms with van der Waals surface area (Å²) in [6, 6.07) is 19.5. The summed E-state index contributed by atoms with van der Waals surface area (Å²) in [6.07, 6.45) is 4.08. The van der Waals surface area contributed by atoms with Gasteiger partial charge in [-0.1, -0.05) is 49.4 Å². The Morgan fingerprint density at radius 1 is 1.18 bits per heavy atom. The molecule has 0 amide bonds. The molecule has 3 aromatic rings. The topological polar surface area (TPSA) is 80.7 Å². The molecule has 4 rings (SSSR count). The van der Waals surface area contributed by atoms with Crippen molar-refractivity contribution in [3.05, 3.63) is 84.2 Å². The maximum Gasteiger partial charge on any atom is 0.191 e. The largest absolute Gasteiger partial charge is 0.485 e. The van der Waals surface area contributed by atoms with Crippen molar-refractivity contribution in [3.63, 3.8) is 0 Å². The lowest BCUT2D eigenvalue weighted by Gasteiger charge is -2.37. The molecule has 2 heterocycles. The number of aliphatic hydroxyl groups is 1. The van der Waals surface area contributed by atoms with Crippen LogP contribution in [0.5, 0.6) is 5.75 Å². The Bertz CT molecular complexity index is 989. The molecule has 142 valence electrons. The quantitative estimate of drug-likeness (QED) is 0.531. The van der Waals surface area contributed by atoms with Gasteiger partial charge in [-0.25, -0.2) is 4.99 Å². The number of amidine groups is 1. The van der Waals surface area contributed by atoms with Crippen LogP contribution in [-0.4, -0.2) is 15.9 Å². The fourth-order valence-corrected chi connectivity index (χ4v) is 3.50. The monoisotopic (exact) mass is 373 g/mol. The summed E-state index contributed by atoms with van der Waals surface area (Å²) in [5, 5.41) is 11.6. The molecule has 0 saturated carbocycles. The number of ether oxygens (including phenoxy) is 1. The van der Waals surface area contributed by atoms with E-state index in [-0.39, 0.29) is 6.10 Å². The Balaban J connectivity index is 1.82. The number of hydrogen-bond donors (Lipinski definition) is 2. The van der Waals surface area contributed by atoms with Crippen molar-refractivity contribution in [1.29, 1.82) is 0 Å². The Morgan fingerprint density at radius 2 is 2.00 bits per heavy atom. The Kier molecular flexibility index (Phi) is 4.84. The highest BCUT2D eigenvalue weighted by Gasteiger charge is 2.41. The number of benzene rings is 2. The van der Waals surface area contributed by atoms with Crippen molar-refractivity contribution in [3.8, 4) is 16.9 Å². The lowest BCUT2D eigenvalue weighted by Crippen LogP contribution is -2.35. The molecule has 0 spiro atoms. The van der Waals surface area contributed by atoms with Crippen LogP contribution in [-0.2, 0) is 5.72 Å². The zero-order valence-electron chi connectivity index (χ0n) is 15.7. The highest BCUT2D eigenvalue weighted by atomic mass is 16.5. The van der Waals surface area contributed by atoms with E-state index in [4.69, 9.17) is 10.5 Å². The van der Waals surface area contributed by atoms with Gasteiger partial charge in [0.15, 0.2) is 5.72 Å². The van der Waals surface area contributed by atoms with Crippen molar-refractivity contribution < 1.29 is 9.84 Å². The Morgan fingerprint density at radius 3 is 2.71 bits per heavy atom. The van der Waals surface area contributed by atoms with Crippen LogP contribution in [0.3, 0.4) is 0 Å². The van der Waals surface area contributed by atoms with E-state index in [1.54, 1.807) is 12.4 Å². The fourth-order valence-electron chi connectivity index (χ4n) is 3.50. The molecule has 5 nitrogen and oxygen atoms in total. The molecule has 5 heteroatoms. The zero-order chi connectivity index (χ0) is 19.6. The second-order valence-electron chi connectivity index (χ2n) is 6.95. The van der Waals surface area contributed by atoms with Crippen LogP contribution in [0, 0.1) is 0 Å². The Labute approximate surface area is 164 Å². The Hall–Kier alpha value is -3.18. The highest BCUT2D eigenvalue weighted by molar-refractivity contribution is 5.80. The molecule has 0 aliphatic carbocycles. The fraction of sp³-hybridized carbons (Fsp3) is 0.217. The van der Waals surface area contributed by atoms with Gasteiger partial charge >= 0.3 is 0 Å². The number of aliphatic imine (C=N–C) groups is 1. The number of pyridine rings is 1. The first kappa shape index (κ1) is 18.2. The smallest absolute Gasteiger partial charge is 0.191 e. The maximum atomic E-state index is 11.6. The maximum absolute atomic E-state index is 11.6. The normalized spacial score (nSPS) is 21.6. The van der Waals surface area contributed by atoms with E-state index in [0.717, 1.165) is 16.7 Å². The predicted molar refractivity (Wildman–Crippen MR) is 110 cm³/mol. The van der Waals surface area contributed by atoms with Gasteiger partial charge in [-0.05, 0) is 29.3 Å². The summed E-state index contributed by atoms with van der Waals surface area (Å²) >= 11 is 0. The molecule has 1 aromatic heterocycles. The van der Waals surface area contributed by atoms with Crippen LogP contribution in [0.25, 0.3) is 11.1 Å². The molecule has 2 atom stereocenters. The standard InChI is InChI=1S/C23H23N3O2/c1-2-22(24)26-23(27)14-21(16-7-4-3-5-8-16)28-20-11-10-17(13-19(20)23)18-9-6-12-25-15-18/h3-13,15,21,27H,2,14H2,1H3,(H2,24,26). The first-order valence-corrected chi connectivity index (χ1v) is 9.42. The van der Waals surface area contributed by atoms with Gasteiger partial charge in [-0.15, -0.1) is 0 Å². The summed E-state index contributed by atoms with van der Waals surface area (Å²) in [5.74, 6) is 1.02. The average Bonchev–Trinajstić information content (AvgIpc) is 2.74. The van der Waals surface area contributed by atoms with Crippen LogP contribution in [0.4, 0.5) is 0 Å². The predicted octanol–water partition coefficient (Wildman–Crippen LogP) is 4.18. The molecule has 28 heavy (non-hydrogen) atoms. The molecular formula is C23H23N3O2. The van der Waals surface area contributed by atoms with E-state index in [1.165, 1.54) is 0 Å². The van der Waals surface area contributed by atoms with Crippen molar-refractivity contribution in [1.82, 2.24) is 4.98 Å². The zero-order valence-corrected chi connectivity index (χ0v) is 15.7. The summed E-state index contributed by atoms with van der Waals surface area (Å²) < 4.78 is 6.23. The third kappa shape index (κ3) is 3.49. The third-order valence-electron chi connectivity index (χ3n) is 5.01. The van der Waals surface area contributed by atoms with Crippen molar-refractivity contribution in [2.75, 3.05) is 0 Å². The third-order valence-corrected chi connectivity index (χ3v) is 5.01. The number of hydrogen-bond acceptors (Lipinski definition) is 4. The van der Waals surface area contributed by atoms with E-state index in [1.807, 2.05) is 67.6 Å². The molecule has 2 unspecified atom stereocenters. The van der Waals surface area contributed by atoms with Gasteiger partial charge in [-0.2, -0.15) is 0 Å². The molecule has 2 aromatic carbocycles. The minimum Gasteiger partial charge on any atom is -0.485 e. The molecule has 1 aliphatic heterocycles. The molecular weight excluding hydrogens is 350 g/mol. The van der Waals surface area contributed by atoms with Crippen LogP contribution in [0.1, 0.15) is 37.0 Å². The number of aromatic nitrogens is 1. The first-order valence-electron chi connectivity index (χ1n) is 9.42. The number of fused-ring (bicyclic) bond motifs is 1. The van der Waals surface area contributed by atoms with Gasteiger partial charge in [0.2, 0.25) is 0 Å². The van der Waals surface area contributed by atoms with E-state index in [9.17, 15) is 5.11 Å². The van der Waals surface area contributed by atoms with Crippen LogP contribution >= 0.6 is 0 Å². The van der Waals surface area contributed by atoms with E-state index >= 15 is 0 Å².